The second-order valence-electron chi connectivity index (χ2n) is 7.96. The van der Waals surface area contributed by atoms with E-state index in [0.717, 1.165) is 41.4 Å². The van der Waals surface area contributed by atoms with Crippen LogP contribution in [0.3, 0.4) is 0 Å². The number of nitrogens with one attached hydrogen (secondary N) is 1. The van der Waals surface area contributed by atoms with Crippen LogP contribution in [0, 0.1) is 0 Å². The van der Waals surface area contributed by atoms with Crippen molar-refractivity contribution in [3.63, 3.8) is 0 Å². The number of fused-ring (bicyclic) bond motifs is 1. The molecule has 0 radical (unpaired) electrons. The predicted octanol–water partition coefficient (Wildman–Crippen LogP) is 4.79. The first kappa shape index (κ1) is 23.4. The van der Waals surface area contributed by atoms with Crippen LogP contribution < -0.4 is 11.1 Å². The van der Waals surface area contributed by atoms with Gasteiger partial charge in [0.25, 0.3) is 0 Å². The molecule has 1 amide bonds. The predicted molar refractivity (Wildman–Crippen MR) is 135 cm³/mol. The van der Waals surface area contributed by atoms with Crippen molar-refractivity contribution in [2.45, 2.75) is 36.6 Å². The highest BCUT2D eigenvalue weighted by Crippen LogP contribution is 2.38. The average Bonchev–Trinajstić information content (AvgIpc) is 3.17. The fraction of sp³-hybridized carbons (Fsp3) is 0.280. The van der Waals surface area contributed by atoms with E-state index in [9.17, 15) is 9.59 Å². The number of amides is 1. The lowest BCUT2D eigenvalue weighted by molar-refractivity contribution is -0.115. The largest absolute Gasteiger partial charge is 0.465 e. The van der Waals surface area contributed by atoms with E-state index in [0.29, 0.717) is 16.3 Å². The highest BCUT2D eigenvalue weighted by molar-refractivity contribution is 8.00. The summed E-state index contributed by atoms with van der Waals surface area (Å²) >= 11 is 2.92. The van der Waals surface area contributed by atoms with Crippen LogP contribution in [0.1, 0.15) is 33.3 Å². The molecule has 2 aromatic carbocycles. The first-order chi connectivity index (χ1) is 15.9. The number of carbonyl (C=O) groups is 2. The second-order valence-corrected chi connectivity index (χ2v) is 10.5. The molecule has 3 N–H and O–H groups in total. The summed E-state index contributed by atoms with van der Waals surface area (Å²) in [6.07, 6.45) is 0.745. The molecule has 6 nitrogen and oxygen atoms in total. The molecule has 0 saturated heterocycles. The number of esters is 1. The number of rotatable bonds is 7. The molecule has 1 atom stereocenters. The van der Waals surface area contributed by atoms with Gasteiger partial charge in [-0.2, -0.15) is 0 Å². The highest BCUT2D eigenvalue weighted by atomic mass is 32.2. The van der Waals surface area contributed by atoms with E-state index >= 15 is 0 Å². The molecule has 172 valence electrons. The molecule has 1 aromatic heterocycles. The van der Waals surface area contributed by atoms with E-state index in [4.69, 9.17) is 10.5 Å². The van der Waals surface area contributed by atoms with Crippen molar-refractivity contribution in [2.75, 3.05) is 24.7 Å². The van der Waals surface area contributed by atoms with Crippen LogP contribution in [0.15, 0.2) is 59.5 Å². The SMILES string of the molecule is COC(=O)c1c(NC(=O)C(C)Sc2ccc(N)cc2)sc2c1CCN(Cc1ccccc1)C2. The van der Waals surface area contributed by atoms with Crippen molar-refractivity contribution < 1.29 is 14.3 Å². The summed E-state index contributed by atoms with van der Waals surface area (Å²) in [7, 11) is 1.38. The van der Waals surface area contributed by atoms with Crippen molar-refractivity contribution >= 4 is 45.7 Å². The fourth-order valence-electron chi connectivity index (χ4n) is 3.86. The molecule has 4 rings (SSSR count). The van der Waals surface area contributed by atoms with Gasteiger partial charge >= 0.3 is 5.97 Å². The minimum absolute atomic E-state index is 0.151. The van der Waals surface area contributed by atoms with Gasteiger partial charge in [0.15, 0.2) is 0 Å². The van der Waals surface area contributed by atoms with E-state index in [1.165, 1.54) is 35.8 Å². The molecule has 1 aliphatic rings. The number of nitrogens with two attached hydrogens (primary N) is 1. The van der Waals surface area contributed by atoms with Crippen LogP contribution in [-0.4, -0.2) is 35.7 Å². The number of hydrogen-bond donors (Lipinski definition) is 2. The number of nitrogen functional groups attached to an aromatic ring is 1. The fourth-order valence-corrected chi connectivity index (χ4v) is 6.01. The smallest absolute Gasteiger partial charge is 0.341 e. The van der Waals surface area contributed by atoms with Gasteiger partial charge in [-0.3, -0.25) is 9.69 Å². The zero-order valence-corrected chi connectivity index (χ0v) is 20.3. The second kappa shape index (κ2) is 10.4. The van der Waals surface area contributed by atoms with Gasteiger partial charge < -0.3 is 15.8 Å². The third-order valence-corrected chi connectivity index (χ3v) is 7.82. The molecule has 0 fully saturated rings. The third-order valence-electron chi connectivity index (χ3n) is 5.57. The summed E-state index contributed by atoms with van der Waals surface area (Å²) in [4.78, 5) is 30.0. The minimum Gasteiger partial charge on any atom is -0.465 e. The molecule has 8 heteroatoms. The average molecular weight is 482 g/mol. The Balaban J connectivity index is 1.50. The van der Waals surface area contributed by atoms with Gasteiger partial charge in [-0.05, 0) is 48.7 Å². The summed E-state index contributed by atoms with van der Waals surface area (Å²) in [6.45, 7) is 4.29. The van der Waals surface area contributed by atoms with Crippen LogP contribution >= 0.6 is 23.1 Å². The monoisotopic (exact) mass is 481 g/mol. The molecule has 1 unspecified atom stereocenters. The van der Waals surface area contributed by atoms with Crippen LogP contribution in [0.2, 0.25) is 0 Å². The quantitative estimate of drug-likeness (QED) is 0.287. The van der Waals surface area contributed by atoms with Crippen molar-refractivity contribution in [3.8, 4) is 0 Å². The molecular weight excluding hydrogens is 454 g/mol. The van der Waals surface area contributed by atoms with Gasteiger partial charge in [0.05, 0.1) is 17.9 Å². The van der Waals surface area contributed by atoms with Crippen molar-refractivity contribution in [3.05, 3.63) is 76.2 Å². The Bertz CT molecular complexity index is 1130. The van der Waals surface area contributed by atoms with Crippen molar-refractivity contribution in [1.82, 2.24) is 4.90 Å². The third kappa shape index (κ3) is 5.58. The van der Waals surface area contributed by atoms with Crippen LogP contribution in [-0.2, 0) is 29.0 Å². The van der Waals surface area contributed by atoms with Gasteiger partial charge in [0, 0.05) is 35.1 Å². The van der Waals surface area contributed by atoms with E-state index in [1.54, 1.807) is 0 Å². The lowest BCUT2D eigenvalue weighted by Crippen LogP contribution is -2.29. The standard InChI is InChI=1S/C25H27N3O3S2/c1-16(32-19-10-8-18(26)9-11-19)23(29)27-24-22(25(30)31-2)20-12-13-28(15-21(20)33-24)14-17-6-4-3-5-7-17/h3-11,16H,12-15,26H2,1-2H3,(H,27,29). The molecule has 3 aromatic rings. The molecule has 1 aliphatic heterocycles. The van der Waals surface area contributed by atoms with Gasteiger partial charge in [-0.25, -0.2) is 4.79 Å². The van der Waals surface area contributed by atoms with Gasteiger partial charge in [0.2, 0.25) is 5.91 Å². The maximum Gasteiger partial charge on any atom is 0.341 e. The van der Waals surface area contributed by atoms with Crippen molar-refractivity contribution in [1.29, 1.82) is 0 Å². The molecule has 2 heterocycles. The summed E-state index contributed by atoms with van der Waals surface area (Å²) in [5.41, 5.74) is 9.17. The molecule has 0 aliphatic carbocycles. The number of thioether (sulfide) groups is 1. The molecular formula is C25H27N3O3S2. The lowest BCUT2D eigenvalue weighted by Gasteiger charge is -2.27. The van der Waals surface area contributed by atoms with Crippen LogP contribution in [0.5, 0.6) is 0 Å². The minimum atomic E-state index is -0.404. The zero-order valence-electron chi connectivity index (χ0n) is 18.7. The number of ether oxygens (including phenoxy) is 1. The Morgan fingerprint density at radius 3 is 2.61 bits per heavy atom. The maximum atomic E-state index is 13.0. The van der Waals surface area contributed by atoms with Gasteiger partial charge in [-0.1, -0.05) is 30.3 Å². The first-order valence-electron chi connectivity index (χ1n) is 10.8. The lowest BCUT2D eigenvalue weighted by atomic mass is 10.0. The van der Waals surface area contributed by atoms with Gasteiger partial charge in [-0.15, -0.1) is 23.1 Å². The highest BCUT2D eigenvalue weighted by Gasteiger charge is 2.30. The van der Waals surface area contributed by atoms with E-state index in [2.05, 4.69) is 22.3 Å². The number of nitrogens with zero attached hydrogens (tertiary/aromatic N) is 1. The molecule has 0 bridgehead atoms. The Morgan fingerprint density at radius 1 is 1.18 bits per heavy atom. The van der Waals surface area contributed by atoms with Crippen LogP contribution in [0.4, 0.5) is 10.7 Å². The number of benzene rings is 2. The van der Waals surface area contributed by atoms with Crippen LogP contribution in [0.25, 0.3) is 0 Å². The summed E-state index contributed by atoms with van der Waals surface area (Å²) in [5.74, 6) is -0.556. The summed E-state index contributed by atoms with van der Waals surface area (Å²) in [6, 6.07) is 17.8. The summed E-state index contributed by atoms with van der Waals surface area (Å²) in [5, 5.41) is 3.23. The normalized spacial score (nSPS) is 14.4. The number of thiophene rings is 1. The van der Waals surface area contributed by atoms with E-state index in [-0.39, 0.29) is 11.2 Å². The summed E-state index contributed by atoms with van der Waals surface area (Å²) < 4.78 is 5.06. The zero-order chi connectivity index (χ0) is 23.4. The number of carbonyl (C=O) groups excluding carboxylic acids is 2. The Hall–Kier alpha value is -2.81. The number of hydrogen-bond acceptors (Lipinski definition) is 7. The Kier molecular flexibility index (Phi) is 7.37. The molecule has 33 heavy (non-hydrogen) atoms. The van der Waals surface area contributed by atoms with E-state index in [1.807, 2.05) is 49.4 Å². The van der Waals surface area contributed by atoms with Gasteiger partial charge in [0.1, 0.15) is 5.00 Å². The topological polar surface area (TPSA) is 84.7 Å². The Labute approximate surface area is 202 Å². The Morgan fingerprint density at radius 2 is 1.91 bits per heavy atom. The number of anilines is 2. The molecule has 0 spiro atoms. The number of methoxy groups -OCH3 is 1. The van der Waals surface area contributed by atoms with E-state index < -0.39 is 5.97 Å². The van der Waals surface area contributed by atoms with Crippen molar-refractivity contribution in [2.24, 2.45) is 0 Å². The maximum absolute atomic E-state index is 13.0. The molecule has 0 saturated carbocycles. The first-order valence-corrected chi connectivity index (χ1v) is 12.5.